The van der Waals surface area contributed by atoms with Gasteiger partial charge in [0.25, 0.3) is 10.2 Å². The van der Waals surface area contributed by atoms with Gasteiger partial charge in [0.15, 0.2) is 0 Å². The fourth-order valence-corrected chi connectivity index (χ4v) is 3.01. The van der Waals surface area contributed by atoms with Crippen molar-refractivity contribution in [1.82, 2.24) is 8.61 Å². The van der Waals surface area contributed by atoms with Crippen molar-refractivity contribution >= 4 is 32.1 Å². The SMILES string of the molecule is COC(=O)CCN(C)S(=O)(=O)N(C)Cc1ccc(Br)cc1. The quantitative estimate of drug-likeness (QED) is 0.676. The molecule has 0 N–H and O–H groups in total. The van der Waals surface area contributed by atoms with Crippen molar-refractivity contribution in [2.75, 3.05) is 27.7 Å². The molecule has 0 saturated carbocycles. The first-order chi connectivity index (χ1) is 9.77. The monoisotopic (exact) mass is 378 g/mol. The number of benzene rings is 1. The van der Waals surface area contributed by atoms with Gasteiger partial charge in [-0.1, -0.05) is 28.1 Å². The molecule has 0 fully saturated rings. The molecule has 0 aliphatic heterocycles. The number of rotatable bonds is 7. The molecule has 1 aromatic rings. The van der Waals surface area contributed by atoms with E-state index >= 15 is 0 Å². The summed E-state index contributed by atoms with van der Waals surface area (Å²) in [7, 11) is 0.617. The zero-order valence-corrected chi connectivity index (χ0v) is 14.6. The number of esters is 1. The molecule has 0 spiro atoms. The van der Waals surface area contributed by atoms with Gasteiger partial charge in [0.2, 0.25) is 0 Å². The zero-order chi connectivity index (χ0) is 16.0. The first kappa shape index (κ1) is 18.1. The summed E-state index contributed by atoms with van der Waals surface area (Å²) in [5, 5.41) is 0. The van der Waals surface area contributed by atoms with Gasteiger partial charge < -0.3 is 4.74 Å². The second-order valence-corrected chi connectivity index (χ2v) is 7.60. The highest BCUT2D eigenvalue weighted by atomic mass is 79.9. The van der Waals surface area contributed by atoms with Crippen molar-refractivity contribution in [3.8, 4) is 0 Å². The molecule has 0 unspecified atom stereocenters. The summed E-state index contributed by atoms with van der Waals surface area (Å²) in [4.78, 5) is 11.1. The highest BCUT2D eigenvalue weighted by molar-refractivity contribution is 9.10. The summed E-state index contributed by atoms with van der Waals surface area (Å²) in [6, 6.07) is 7.42. The van der Waals surface area contributed by atoms with Gasteiger partial charge in [-0.15, -0.1) is 0 Å². The van der Waals surface area contributed by atoms with Crippen LogP contribution in [-0.2, 0) is 26.3 Å². The minimum Gasteiger partial charge on any atom is -0.469 e. The molecule has 0 saturated heterocycles. The van der Waals surface area contributed by atoms with Crippen LogP contribution in [0, 0.1) is 0 Å². The molecule has 0 aliphatic carbocycles. The Labute approximate surface area is 134 Å². The van der Waals surface area contributed by atoms with Crippen molar-refractivity contribution in [2.24, 2.45) is 0 Å². The van der Waals surface area contributed by atoms with Gasteiger partial charge in [0, 0.05) is 31.7 Å². The lowest BCUT2D eigenvalue weighted by Gasteiger charge is -2.24. The van der Waals surface area contributed by atoms with Crippen molar-refractivity contribution in [2.45, 2.75) is 13.0 Å². The standard InChI is InChI=1S/C13H19BrN2O4S/c1-15(9-8-13(17)20-3)21(18,19)16(2)10-11-4-6-12(14)7-5-11/h4-7H,8-10H2,1-3H3. The Morgan fingerprint density at radius 3 is 2.29 bits per heavy atom. The fourth-order valence-electron chi connectivity index (χ4n) is 1.63. The van der Waals surface area contributed by atoms with Crippen LogP contribution in [0.3, 0.4) is 0 Å². The fraction of sp³-hybridized carbons (Fsp3) is 0.462. The summed E-state index contributed by atoms with van der Waals surface area (Å²) in [5.74, 6) is -0.437. The van der Waals surface area contributed by atoms with Crippen LogP contribution in [0.25, 0.3) is 0 Å². The predicted molar refractivity (Wildman–Crippen MR) is 83.8 cm³/mol. The van der Waals surface area contributed by atoms with Crippen LogP contribution in [0.5, 0.6) is 0 Å². The number of carbonyl (C=O) groups excluding carboxylic acids is 1. The van der Waals surface area contributed by atoms with E-state index < -0.39 is 16.2 Å². The molecule has 0 heterocycles. The Bertz CT molecular complexity index is 574. The first-order valence-corrected chi connectivity index (χ1v) is 8.45. The Balaban J connectivity index is 2.67. The minimum absolute atomic E-state index is 0.0261. The third kappa shape index (κ3) is 5.39. The average Bonchev–Trinajstić information content (AvgIpc) is 2.46. The molecule has 0 amide bonds. The van der Waals surface area contributed by atoms with Crippen LogP contribution in [0.15, 0.2) is 28.7 Å². The average molecular weight is 379 g/mol. The molecule has 1 rings (SSSR count). The Morgan fingerprint density at radius 1 is 1.19 bits per heavy atom. The summed E-state index contributed by atoms with van der Waals surface area (Å²) in [6.45, 7) is 0.345. The lowest BCUT2D eigenvalue weighted by atomic mass is 10.2. The molecule has 0 aromatic heterocycles. The molecule has 1 aromatic carbocycles. The molecule has 6 nitrogen and oxygen atoms in total. The van der Waals surface area contributed by atoms with Crippen LogP contribution < -0.4 is 0 Å². The van der Waals surface area contributed by atoms with Crippen molar-refractivity contribution in [1.29, 1.82) is 0 Å². The van der Waals surface area contributed by atoms with Gasteiger partial charge >= 0.3 is 5.97 Å². The third-order valence-corrected chi connectivity index (χ3v) is 5.38. The molecule has 0 radical (unpaired) electrons. The highest BCUT2D eigenvalue weighted by Crippen LogP contribution is 2.14. The van der Waals surface area contributed by atoms with E-state index in [0.717, 1.165) is 14.3 Å². The van der Waals surface area contributed by atoms with Crippen molar-refractivity contribution in [3.05, 3.63) is 34.3 Å². The lowest BCUT2D eigenvalue weighted by molar-refractivity contribution is -0.140. The van der Waals surface area contributed by atoms with E-state index in [2.05, 4.69) is 20.7 Å². The van der Waals surface area contributed by atoms with Gasteiger partial charge in [-0.3, -0.25) is 4.79 Å². The Hall–Kier alpha value is -0.960. The maximum absolute atomic E-state index is 12.3. The normalized spacial score (nSPS) is 11.9. The Morgan fingerprint density at radius 2 is 1.76 bits per heavy atom. The van der Waals surface area contributed by atoms with Crippen LogP contribution in [0.1, 0.15) is 12.0 Å². The molecular formula is C13H19BrN2O4S. The second-order valence-electron chi connectivity index (χ2n) is 4.54. The molecule has 0 aliphatic rings. The van der Waals surface area contributed by atoms with Crippen LogP contribution >= 0.6 is 15.9 Å². The van der Waals surface area contributed by atoms with Gasteiger partial charge in [-0.2, -0.15) is 17.0 Å². The van der Waals surface area contributed by atoms with E-state index in [9.17, 15) is 13.2 Å². The predicted octanol–water partition coefficient (Wildman–Crippen LogP) is 1.62. The number of methoxy groups -OCH3 is 1. The molecule has 0 atom stereocenters. The van der Waals surface area contributed by atoms with Crippen LogP contribution in [0.2, 0.25) is 0 Å². The van der Waals surface area contributed by atoms with E-state index in [1.807, 2.05) is 24.3 Å². The Kier molecular flexibility index (Phi) is 6.79. The van der Waals surface area contributed by atoms with Crippen LogP contribution in [-0.4, -0.2) is 50.7 Å². The molecule has 8 heteroatoms. The summed E-state index contributed by atoms with van der Waals surface area (Å²) >= 11 is 3.33. The smallest absolute Gasteiger partial charge is 0.306 e. The lowest BCUT2D eigenvalue weighted by Crippen LogP contribution is -2.40. The highest BCUT2D eigenvalue weighted by Gasteiger charge is 2.24. The van der Waals surface area contributed by atoms with E-state index in [1.54, 1.807) is 0 Å². The molecule has 21 heavy (non-hydrogen) atoms. The number of hydrogen-bond acceptors (Lipinski definition) is 4. The van der Waals surface area contributed by atoms with Gasteiger partial charge in [-0.05, 0) is 17.7 Å². The summed E-state index contributed by atoms with van der Waals surface area (Å²) < 4.78 is 32.4. The number of hydrogen-bond donors (Lipinski definition) is 0. The summed E-state index contributed by atoms with van der Waals surface area (Å²) in [6.07, 6.45) is 0.0261. The number of carbonyl (C=O) groups is 1. The first-order valence-electron chi connectivity index (χ1n) is 6.26. The van der Waals surface area contributed by atoms with Gasteiger partial charge in [0.1, 0.15) is 0 Å². The summed E-state index contributed by atoms with van der Waals surface area (Å²) in [5.41, 5.74) is 0.880. The maximum atomic E-state index is 12.3. The van der Waals surface area contributed by atoms with E-state index in [4.69, 9.17) is 0 Å². The van der Waals surface area contributed by atoms with E-state index in [0.29, 0.717) is 0 Å². The number of nitrogens with zero attached hydrogens (tertiary/aromatic N) is 2. The second kappa shape index (κ2) is 7.88. The zero-order valence-electron chi connectivity index (χ0n) is 12.2. The molecule has 118 valence electrons. The largest absolute Gasteiger partial charge is 0.469 e. The topological polar surface area (TPSA) is 66.9 Å². The number of halogens is 1. The van der Waals surface area contributed by atoms with E-state index in [1.165, 1.54) is 25.5 Å². The van der Waals surface area contributed by atoms with Gasteiger partial charge in [-0.25, -0.2) is 0 Å². The molecular weight excluding hydrogens is 360 g/mol. The minimum atomic E-state index is -3.60. The van der Waals surface area contributed by atoms with Crippen molar-refractivity contribution in [3.63, 3.8) is 0 Å². The van der Waals surface area contributed by atoms with Crippen LogP contribution in [0.4, 0.5) is 0 Å². The maximum Gasteiger partial charge on any atom is 0.306 e. The number of ether oxygens (including phenoxy) is 1. The van der Waals surface area contributed by atoms with Crippen molar-refractivity contribution < 1.29 is 17.9 Å². The third-order valence-electron chi connectivity index (χ3n) is 2.96. The van der Waals surface area contributed by atoms with Gasteiger partial charge in [0.05, 0.1) is 13.5 Å². The van der Waals surface area contributed by atoms with E-state index in [-0.39, 0.29) is 19.5 Å². The molecule has 0 bridgehead atoms.